The Hall–Kier alpha value is -2.41. The molecule has 0 bridgehead atoms. The SMILES string of the molecule is Oc1ccc(Cl)c(-c2nc(-c3cn[nH]n3)no2)c1. The average molecular weight is 264 g/mol. The number of phenols is 1. The van der Waals surface area contributed by atoms with Gasteiger partial charge in [0.2, 0.25) is 5.82 Å². The minimum absolute atomic E-state index is 0.0654. The van der Waals surface area contributed by atoms with E-state index in [4.69, 9.17) is 16.1 Å². The van der Waals surface area contributed by atoms with E-state index in [9.17, 15) is 5.11 Å². The van der Waals surface area contributed by atoms with Crippen LogP contribution in [0.3, 0.4) is 0 Å². The summed E-state index contributed by atoms with van der Waals surface area (Å²) < 4.78 is 5.07. The third-order valence-corrected chi connectivity index (χ3v) is 2.58. The molecule has 0 atom stereocenters. The van der Waals surface area contributed by atoms with Crippen LogP contribution in [0.2, 0.25) is 5.02 Å². The lowest BCUT2D eigenvalue weighted by Crippen LogP contribution is -1.82. The summed E-state index contributed by atoms with van der Waals surface area (Å²) in [6.07, 6.45) is 1.47. The van der Waals surface area contributed by atoms with Gasteiger partial charge in [-0.25, -0.2) is 0 Å². The number of aromatic hydroxyl groups is 1. The normalized spacial score (nSPS) is 10.7. The zero-order valence-electron chi connectivity index (χ0n) is 8.83. The maximum Gasteiger partial charge on any atom is 0.259 e. The summed E-state index contributed by atoms with van der Waals surface area (Å²) in [6.45, 7) is 0. The number of aromatic amines is 1. The summed E-state index contributed by atoms with van der Waals surface area (Å²) in [5, 5.41) is 23.5. The highest BCUT2D eigenvalue weighted by Gasteiger charge is 2.15. The molecular weight excluding hydrogens is 258 g/mol. The zero-order chi connectivity index (χ0) is 12.5. The van der Waals surface area contributed by atoms with Crippen molar-refractivity contribution in [3.8, 4) is 28.7 Å². The maximum absolute atomic E-state index is 9.41. The third kappa shape index (κ3) is 1.80. The fraction of sp³-hybridized carbons (Fsp3) is 0. The van der Waals surface area contributed by atoms with Crippen molar-refractivity contribution in [1.82, 2.24) is 25.6 Å². The summed E-state index contributed by atoms with van der Waals surface area (Å²) in [6, 6.07) is 4.47. The zero-order valence-corrected chi connectivity index (χ0v) is 9.59. The molecule has 3 aromatic rings. The first-order valence-electron chi connectivity index (χ1n) is 4.93. The second kappa shape index (κ2) is 4.11. The van der Waals surface area contributed by atoms with Crippen molar-refractivity contribution < 1.29 is 9.63 Å². The van der Waals surface area contributed by atoms with Gasteiger partial charge in [-0.1, -0.05) is 16.8 Å². The Morgan fingerprint density at radius 2 is 2.22 bits per heavy atom. The van der Waals surface area contributed by atoms with E-state index < -0.39 is 0 Å². The minimum atomic E-state index is 0.0654. The van der Waals surface area contributed by atoms with Gasteiger partial charge in [-0.2, -0.15) is 20.4 Å². The number of H-pyrrole nitrogens is 1. The predicted octanol–water partition coefficient (Wildman–Crippen LogP) is 1.88. The van der Waals surface area contributed by atoms with Crippen molar-refractivity contribution in [2.75, 3.05) is 0 Å². The van der Waals surface area contributed by atoms with Gasteiger partial charge < -0.3 is 9.63 Å². The number of rotatable bonds is 2. The molecule has 1 aromatic carbocycles. The van der Waals surface area contributed by atoms with E-state index >= 15 is 0 Å². The molecule has 0 aliphatic carbocycles. The Morgan fingerprint density at radius 1 is 1.33 bits per heavy atom. The molecule has 0 aliphatic rings. The van der Waals surface area contributed by atoms with Gasteiger partial charge in [-0.15, -0.1) is 0 Å². The summed E-state index contributed by atoms with van der Waals surface area (Å²) in [5.74, 6) is 0.558. The van der Waals surface area contributed by atoms with Crippen molar-refractivity contribution in [1.29, 1.82) is 0 Å². The molecule has 0 fully saturated rings. The molecule has 0 amide bonds. The average Bonchev–Trinajstić information content (AvgIpc) is 3.00. The van der Waals surface area contributed by atoms with E-state index in [0.717, 1.165) is 0 Å². The molecule has 90 valence electrons. The number of halogens is 1. The van der Waals surface area contributed by atoms with Crippen LogP contribution in [0, 0.1) is 0 Å². The molecule has 0 spiro atoms. The Kier molecular flexibility index (Phi) is 2.45. The second-order valence-electron chi connectivity index (χ2n) is 3.44. The van der Waals surface area contributed by atoms with Crippen LogP contribution in [0.5, 0.6) is 5.75 Å². The summed E-state index contributed by atoms with van der Waals surface area (Å²) in [4.78, 5) is 4.13. The molecule has 18 heavy (non-hydrogen) atoms. The predicted molar refractivity (Wildman–Crippen MR) is 61.8 cm³/mol. The number of nitrogens with one attached hydrogen (secondary N) is 1. The first-order chi connectivity index (χ1) is 8.74. The largest absolute Gasteiger partial charge is 0.508 e. The highest BCUT2D eigenvalue weighted by Crippen LogP contribution is 2.30. The molecule has 3 rings (SSSR count). The molecule has 0 aliphatic heterocycles. The fourth-order valence-corrected chi connectivity index (χ4v) is 1.62. The molecule has 2 heterocycles. The monoisotopic (exact) mass is 263 g/mol. The van der Waals surface area contributed by atoms with E-state index in [2.05, 4.69) is 25.6 Å². The number of hydrogen-bond donors (Lipinski definition) is 2. The Morgan fingerprint density at radius 3 is 3.00 bits per heavy atom. The van der Waals surface area contributed by atoms with Crippen LogP contribution in [0.15, 0.2) is 28.9 Å². The summed E-state index contributed by atoms with van der Waals surface area (Å²) in [5.41, 5.74) is 0.917. The fourth-order valence-electron chi connectivity index (χ4n) is 1.42. The van der Waals surface area contributed by atoms with Crippen molar-refractivity contribution in [2.24, 2.45) is 0 Å². The quantitative estimate of drug-likeness (QED) is 0.732. The lowest BCUT2D eigenvalue weighted by atomic mass is 10.2. The third-order valence-electron chi connectivity index (χ3n) is 2.25. The van der Waals surface area contributed by atoms with Crippen molar-refractivity contribution >= 4 is 11.6 Å². The lowest BCUT2D eigenvalue weighted by molar-refractivity contribution is 0.431. The van der Waals surface area contributed by atoms with E-state index in [-0.39, 0.29) is 17.5 Å². The number of benzene rings is 1. The van der Waals surface area contributed by atoms with Gasteiger partial charge in [0, 0.05) is 0 Å². The molecule has 0 saturated carbocycles. The molecular formula is C10H6ClN5O2. The summed E-state index contributed by atoms with van der Waals surface area (Å²) >= 11 is 5.99. The Balaban J connectivity index is 2.05. The van der Waals surface area contributed by atoms with Crippen LogP contribution >= 0.6 is 11.6 Å². The maximum atomic E-state index is 9.41. The van der Waals surface area contributed by atoms with Gasteiger partial charge in [0.05, 0.1) is 16.8 Å². The van der Waals surface area contributed by atoms with Crippen molar-refractivity contribution in [3.63, 3.8) is 0 Å². The van der Waals surface area contributed by atoms with Crippen molar-refractivity contribution in [2.45, 2.75) is 0 Å². The van der Waals surface area contributed by atoms with Crippen molar-refractivity contribution in [3.05, 3.63) is 29.4 Å². The lowest BCUT2D eigenvalue weighted by Gasteiger charge is -1.98. The van der Waals surface area contributed by atoms with Gasteiger partial charge >= 0.3 is 0 Å². The van der Waals surface area contributed by atoms with E-state index in [0.29, 0.717) is 16.3 Å². The first kappa shape index (κ1) is 10.7. The molecule has 0 radical (unpaired) electrons. The smallest absolute Gasteiger partial charge is 0.259 e. The minimum Gasteiger partial charge on any atom is -0.508 e. The number of nitrogens with zero attached hydrogens (tertiary/aromatic N) is 4. The van der Waals surface area contributed by atoms with Gasteiger partial charge in [0.1, 0.15) is 5.75 Å². The second-order valence-corrected chi connectivity index (χ2v) is 3.85. The van der Waals surface area contributed by atoms with Gasteiger partial charge in [0.25, 0.3) is 5.89 Å². The van der Waals surface area contributed by atoms with Crippen LogP contribution in [0.25, 0.3) is 23.0 Å². The van der Waals surface area contributed by atoms with Crippen LogP contribution in [0.4, 0.5) is 0 Å². The highest BCUT2D eigenvalue weighted by atomic mass is 35.5. The van der Waals surface area contributed by atoms with Gasteiger partial charge in [-0.3, -0.25) is 0 Å². The number of aromatic nitrogens is 5. The molecule has 7 nitrogen and oxygen atoms in total. The van der Waals surface area contributed by atoms with Crippen LogP contribution in [0.1, 0.15) is 0 Å². The highest BCUT2D eigenvalue weighted by molar-refractivity contribution is 6.33. The van der Waals surface area contributed by atoms with Gasteiger partial charge in [0.15, 0.2) is 5.69 Å². The molecule has 2 aromatic heterocycles. The molecule has 0 unspecified atom stereocenters. The topological polar surface area (TPSA) is 101 Å². The van der Waals surface area contributed by atoms with Crippen LogP contribution < -0.4 is 0 Å². The summed E-state index contributed by atoms with van der Waals surface area (Å²) in [7, 11) is 0. The Bertz CT molecular complexity index is 679. The molecule has 2 N–H and O–H groups in total. The first-order valence-corrected chi connectivity index (χ1v) is 5.30. The van der Waals surface area contributed by atoms with Crippen LogP contribution in [-0.2, 0) is 0 Å². The van der Waals surface area contributed by atoms with E-state index in [1.807, 2.05) is 0 Å². The van der Waals surface area contributed by atoms with Crippen LogP contribution in [-0.4, -0.2) is 30.7 Å². The number of hydrogen-bond acceptors (Lipinski definition) is 6. The number of phenolic OH excluding ortho intramolecular Hbond substituents is 1. The van der Waals surface area contributed by atoms with E-state index in [1.165, 1.54) is 18.3 Å². The van der Waals surface area contributed by atoms with E-state index in [1.54, 1.807) is 6.07 Å². The standard InChI is InChI=1S/C10H6ClN5O2/c11-7-2-1-5(17)3-6(7)10-13-9(15-18-10)8-4-12-16-14-8/h1-4,17H,(H,12,14,16). The Labute approximate surface area is 105 Å². The molecule has 0 saturated heterocycles. The molecule has 8 heteroatoms. The van der Waals surface area contributed by atoms with Gasteiger partial charge in [-0.05, 0) is 18.2 Å².